The van der Waals surface area contributed by atoms with Gasteiger partial charge >= 0.3 is 0 Å². The number of sulfonamides is 1. The topological polar surface area (TPSA) is 72.2 Å². The average Bonchev–Trinajstić information content (AvgIpc) is 2.62. The third kappa shape index (κ3) is 4.06. The van der Waals surface area contributed by atoms with Gasteiger partial charge in [-0.25, -0.2) is 13.6 Å². The Labute approximate surface area is 79.9 Å². The van der Waals surface area contributed by atoms with Crippen LogP contribution in [0.2, 0.25) is 0 Å². The Morgan fingerprint density at radius 3 is 2.38 bits per heavy atom. The van der Waals surface area contributed by atoms with Crippen molar-refractivity contribution in [2.45, 2.75) is 32.2 Å². The highest BCUT2D eigenvalue weighted by Crippen LogP contribution is 2.38. The largest absolute Gasteiger partial charge is 0.310 e. The monoisotopic (exact) mass is 206 g/mol. The molecule has 3 N–H and O–H groups in total. The minimum absolute atomic E-state index is 0.0170. The first kappa shape index (κ1) is 10.9. The SMILES string of the molecule is CC(C)(NCCS(N)(=O)=O)C1CC1. The number of hydrogen-bond donors (Lipinski definition) is 2. The quantitative estimate of drug-likeness (QED) is 0.668. The molecule has 0 aromatic rings. The Kier molecular flexibility index (Phi) is 2.99. The Morgan fingerprint density at radius 2 is 2.00 bits per heavy atom. The van der Waals surface area contributed by atoms with E-state index in [1.165, 1.54) is 12.8 Å². The van der Waals surface area contributed by atoms with Gasteiger partial charge in [0.05, 0.1) is 5.75 Å². The second kappa shape index (κ2) is 3.55. The number of nitrogens with two attached hydrogens (primary N) is 1. The van der Waals surface area contributed by atoms with E-state index in [0.29, 0.717) is 12.5 Å². The zero-order valence-corrected chi connectivity index (χ0v) is 9.02. The first-order valence-corrected chi connectivity index (χ1v) is 6.28. The Balaban J connectivity index is 2.25. The molecule has 0 amide bonds. The third-order valence-corrected chi connectivity index (χ3v) is 3.34. The maximum atomic E-state index is 10.6. The van der Waals surface area contributed by atoms with Crippen LogP contribution in [-0.4, -0.2) is 26.3 Å². The van der Waals surface area contributed by atoms with Gasteiger partial charge in [0.25, 0.3) is 0 Å². The van der Waals surface area contributed by atoms with Gasteiger partial charge in [-0.2, -0.15) is 0 Å². The van der Waals surface area contributed by atoms with Crippen molar-refractivity contribution in [1.82, 2.24) is 5.32 Å². The van der Waals surface area contributed by atoms with E-state index in [1.807, 2.05) is 0 Å². The summed E-state index contributed by atoms with van der Waals surface area (Å²) >= 11 is 0. The molecule has 13 heavy (non-hydrogen) atoms. The zero-order valence-electron chi connectivity index (χ0n) is 8.21. The van der Waals surface area contributed by atoms with Crippen LogP contribution in [0.1, 0.15) is 26.7 Å². The lowest BCUT2D eigenvalue weighted by molar-refractivity contribution is 0.350. The molecule has 0 aromatic heterocycles. The summed E-state index contributed by atoms with van der Waals surface area (Å²) in [5.74, 6) is 0.719. The molecule has 5 heteroatoms. The van der Waals surface area contributed by atoms with Crippen LogP contribution in [0.5, 0.6) is 0 Å². The van der Waals surface area contributed by atoms with Crippen LogP contribution in [0.4, 0.5) is 0 Å². The summed E-state index contributed by atoms with van der Waals surface area (Å²) in [5.41, 5.74) is 0.0602. The second-order valence-corrected chi connectivity index (χ2v) is 6.02. The minimum atomic E-state index is -3.31. The molecule has 0 spiro atoms. The fraction of sp³-hybridized carbons (Fsp3) is 1.00. The Bertz CT molecular complexity index is 268. The van der Waals surface area contributed by atoms with Crippen molar-refractivity contribution < 1.29 is 8.42 Å². The fourth-order valence-electron chi connectivity index (χ4n) is 1.46. The molecule has 0 saturated heterocycles. The molecule has 0 aliphatic heterocycles. The van der Waals surface area contributed by atoms with Gasteiger partial charge in [-0.3, -0.25) is 0 Å². The fourth-order valence-corrected chi connectivity index (χ4v) is 1.85. The lowest BCUT2D eigenvalue weighted by atomic mass is 9.99. The number of rotatable bonds is 5. The summed E-state index contributed by atoms with van der Waals surface area (Å²) in [6.07, 6.45) is 2.49. The van der Waals surface area contributed by atoms with Crippen LogP contribution in [0, 0.1) is 5.92 Å². The van der Waals surface area contributed by atoms with E-state index in [-0.39, 0.29) is 11.3 Å². The molecule has 1 rings (SSSR count). The molecule has 1 aliphatic carbocycles. The molecule has 0 aromatic carbocycles. The molecular formula is C8H18N2O2S. The molecule has 1 fully saturated rings. The highest BCUT2D eigenvalue weighted by molar-refractivity contribution is 7.89. The highest BCUT2D eigenvalue weighted by atomic mass is 32.2. The number of nitrogens with one attached hydrogen (secondary N) is 1. The normalized spacial score (nSPS) is 19.0. The summed E-state index contributed by atoms with van der Waals surface area (Å²) in [4.78, 5) is 0. The molecule has 1 aliphatic rings. The smallest absolute Gasteiger partial charge is 0.210 e. The van der Waals surface area contributed by atoms with E-state index in [2.05, 4.69) is 19.2 Å². The summed E-state index contributed by atoms with van der Waals surface area (Å²) in [5, 5.41) is 8.11. The number of primary sulfonamides is 1. The Morgan fingerprint density at radius 1 is 1.46 bits per heavy atom. The maximum absolute atomic E-state index is 10.6. The molecule has 78 valence electrons. The second-order valence-electron chi connectivity index (χ2n) is 4.29. The van der Waals surface area contributed by atoms with E-state index in [9.17, 15) is 8.42 Å². The van der Waals surface area contributed by atoms with Gasteiger partial charge in [0, 0.05) is 12.1 Å². The van der Waals surface area contributed by atoms with Gasteiger partial charge in [0.2, 0.25) is 10.0 Å². The van der Waals surface area contributed by atoms with Crippen molar-refractivity contribution in [3.05, 3.63) is 0 Å². The van der Waals surface area contributed by atoms with Crippen molar-refractivity contribution >= 4 is 10.0 Å². The summed E-state index contributed by atoms with van der Waals surface area (Å²) < 4.78 is 21.3. The van der Waals surface area contributed by atoms with Crippen molar-refractivity contribution in [1.29, 1.82) is 0 Å². The first-order chi connectivity index (χ1) is 5.81. The van der Waals surface area contributed by atoms with E-state index in [4.69, 9.17) is 5.14 Å². The van der Waals surface area contributed by atoms with Crippen LogP contribution in [0.15, 0.2) is 0 Å². The maximum Gasteiger partial charge on any atom is 0.210 e. The molecule has 1 saturated carbocycles. The number of hydrogen-bond acceptors (Lipinski definition) is 3. The van der Waals surface area contributed by atoms with Gasteiger partial charge in [-0.15, -0.1) is 0 Å². The van der Waals surface area contributed by atoms with Crippen molar-refractivity contribution in [3.63, 3.8) is 0 Å². The molecule has 0 radical (unpaired) electrons. The zero-order chi connectivity index (χ0) is 10.1. The van der Waals surface area contributed by atoms with E-state index in [1.54, 1.807) is 0 Å². The summed E-state index contributed by atoms with van der Waals surface area (Å²) in [7, 11) is -3.31. The van der Waals surface area contributed by atoms with Crippen LogP contribution in [0.25, 0.3) is 0 Å². The standard InChI is InChI=1S/C8H18N2O2S/c1-8(2,7-3-4-7)10-5-6-13(9,11)12/h7,10H,3-6H2,1-2H3,(H2,9,11,12). The average molecular weight is 206 g/mol. The molecular weight excluding hydrogens is 188 g/mol. The van der Waals surface area contributed by atoms with Crippen molar-refractivity contribution in [2.75, 3.05) is 12.3 Å². The third-order valence-electron chi connectivity index (χ3n) is 2.57. The van der Waals surface area contributed by atoms with Crippen LogP contribution < -0.4 is 10.5 Å². The van der Waals surface area contributed by atoms with Gasteiger partial charge < -0.3 is 5.32 Å². The molecule has 4 nitrogen and oxygen atoms in total. The molecule has 0 atom stereocenters. The van der Waals surface area contributed by atoms with Gasteiger partial charge in [-0.1, -0.05) is 0 Å². The van der Waals surface area contributed by atoms with Gasteiger partial charge in [0.1, 0.15) is 0 Å². The predicted octanol–water partition coefficient (Wildman–Crippen LogP) is 0.0531. The van der Waals surface area contributed by atoms with Gasteiger partial charge in [0.15, 0.2) is 0 Å². The van der Waals surface area contributed by atoms with Crippen molar-refractivity contribution in [2.24, 2.45) is 11.1 Å². The summed E-state index contributed by atoms with van der Waals surface area (Å²) in [6.45, 7) is 4.66. The predicted molar refractivity (Wildman–Crippen MR) is 52.8 cm³/mol. The highest BCUT2D eigenvalue weighted by Gasteiger charge is 2.37. The lowest BCUT2D eigenvalue weighted by Crippen LogP contribution is -2.44. The first-order valence-electron chi connectivity index (χ1n) is 4.57. The molecule has 0 heterocycles. The van der Waals surface area contributed by atoms with E-state index >= 15 is 0 Å². The van der Waals surface area contributed by atoms with E-state index < -0.39 is 10.0 Å². The summed E-state index contributed by atoms with van der Waals surface area (Å²) in [6, 6.07) is 0. The van der Waals surface area contributed by atoms with Crippen LogP contribution in [0.3, 0.4) is 0 Å². The molecule has 0 bridgehead atoms. The van der Waals surface area contributed by atoms with E-state index in [0.717, 1.165) is 0 Å². The minimum Gasteiger partial charge on any atom is -0.310 e. The lowest BCUT2D eigenvalue weighted by Gasteiger charge is -2.25. The van der Waals surface area contributed by atoms with Crippen LogP contribution in [-0.2, 0) is 10.0 Å². The van der Waals surface area contributed by atoms with Crippen LogP contribution >= 0.6 is 0 Å². The van der Waals surface area contributed by atoms with Crippen molar-refractivity contribution in [3.8, 4) is 0 Å². The Hall–Kier alpha value is -0.130. The van der Waals surface area contributed by atoms with Gasteiger partial charge in [-0.05, 0) is 32.6 Å². The molecule has 0 unspecified atom stereocenters.